The van der Waals surface area contributed by atoms with Crippen LogP contribution in [0.4, 0.5) is 0 Å². The van der Waals surface area contributed by atoms with E-state index in [4.69, 9.17) is 5.73 Å². The van der Waals surface area contributed by atoms with Crippen LogP contribution in [0.15, 0.2) is 0 Å². The van der Waals surface area contributed by atoms with Gasteiger partial charge in [-0.3, -0.25) is 9.59 Å². The van der Waals surface area contributed by atoms with Crippen LogP contribution in [0.5, 0.6) is 0 Å². The molecule has 1 heterocycles. The van der Waals surface area contributed by atoms with Gasteiger partial charge in [0.1, 0.15) is 6.04 Å². The van der Waals surface area contributed by atoms with E-state index in [1.807, 2.05) is 16.7 Å². The van der Waals surface area contributed by atoms with Crippen molar-refractivity contribution in [3.05, 3.63) is 0 Å². The number of amides is 2. The SMILES string of the molecule is CC1(C)SC2(CCCCC2)N(C(=O)CCCN)[C@H]1C(=O)NC1CCCCC1. The summed E-state index contributed by atoms with van der Waals surface area (Å²) in [6.45, 7) is 4.81. The first kappa shape index (κ1) is 21.0. The Hall–Kier alpha value is -0.750. The highest BCUT2D eigenvalue weighted by Gasteiger charge is 2.60. The van der Waals surface area contributed by atoms with Gasteiger partial charge in [-0.05, 0) is 52.5 Å². The average Bonchev–Trinajstić information content (AvgIpc) is 2.87. The number of carbonyl (C=O) groups is 2. The van der Waals surface area contributed by atoms with Gasteiger partial charge in [-0.15, -0.1) is 11.8 Å². The van der Waals surface area contributed by atoms with Crippen LogP contribution < -0.4 is 11.1 Å². The Kier molecular flexibility index (Phi) is 6.78. The lowest BCUT2D eigenvalue weighted by Gasteiger charge is -2.42. The molecule has 1 spiro atoms. The van der Waals surface area contributed by atoms with E-state index in [0.717, 1.165) is 38.5 Å². The molecule has 1 aliphatic heterocycles. The largest absolute Gasteiger partial charge is 0.352 e. The Labute approximate surface area is 168 Å². The number of nitrogens with one attached hydrogen (secondary N) is 1. The summed E-state index contributed by atoms with van der Waals surface area (Å²) in [6.07, 6.45) is 12.4. The third-order valence-corrected chi connectivity index (χ3v) is 8.24. The fourth-order valence-corrected chi connectivity index (χ4v) is 7.39. The van der Waals surface area contributed by atoms with Crippen LogP contribution in [0.2, 0.25) is 0 Å². The fraction of sp³-hybridized carbons (Fsp3) is 0.905. The van der Waals surface area contributed by atoms with E-state index in [-0.39, 0.29) is 33.5 Å². The predicted molar refractivity (Wildman–Crippen MR) is 111 cm³/mol. The summed E-state index contributed by atoms with van der Waals surface area (Å²) in [4.78, 5) is 28.4. The molecule has 3 fully saturated rings. The van der Waals surface area contributed by atoms with Gasteiger partial charge in [0.2, 0.25) is 11.8 Å². The molecule has 0 aromatic heterocycles. The van der Waals surface area contributed by atoms with Gasteiger partial charge in [-0.1, -0.05) is 38.5 Å². The highest BCUT2D eigenvalue weighted by Crippen LogP contribution is 2.57. The smallest absolute Gasteiger partial charge is 0.244 e. The second kappa shape index (κ2) is 8.73. The van der Waals surface area contributed by atoms with Crippen molar-refractivity contribution in [1.29, 1.82) is 0 Å². The van der Waals surface area contributed by atoms with Gasteiger partial charge in [-0.2, -0.15) is 0 Å². The van der Waals surface area contributed by atoms with Crippen molar-refractivity contribution >= 4 is 23.6 Å². The zero-order valence-electron chi connectivity index (χ0n) is 17.1. The lowest BCUT2D eigenvalue weighted by Crippen LogP contribution is -2.59. The van der Waals surface area contributed by atoms with Crippen LogP contribution in [0.25, 0.3) is 0 Å². The number of carbonyl (C=O) groups excluding carboxylic acids is 2. The van der Waals surface area contributed by atoms with Crippen LogP contribution in [0.1, 0.15) is 90.9 Å². The van der Waals surface area contributed by atoms with E-state index in [2.05, 4.69) is 19.2 Å². The molecule has 6 heteroatoms. The summed E-state index contributed by atoms with van der Waals surface area (Å²) >= 11 is 1.87. The molecule has 0 aromatic rings. The first-order chi connectivity index (χ1) is 12.9. The molecule has 2 saturated carbocycles. The molecule has 5 nitrogen and oxygen atoms in total. The maximum Gasteiger partial charge on any atom is 0.244 e. The summed E-state index contributed by atoms with van der Waals surface area (Å²) in [7, 11) is 0. The standard InChI is InChI=1S/C21H37N3O2S/c1-20(2)18(19(26)23-16-10-5-3-6-11-16)24(17(25)12-9-15-22)21(27-20)13-7-4-8-14-21/h16,18H,3-15,22H2,1-2H3,(H,23,26)/t18-/m0/s1. The maximum atomic E-state index is 13.4. The van der Waals surface area contributed by atoms with Crippen molar-refractivity contribution < 1.29 is 9.59 Å². The van der Waals surface area contributed by atoms with Crippen molar-refractivity contribution in [3.8, 4) is 0 Å². The van der Waals surface area contributed by atoms with Gasteiger partial charge in [0.05, 0.1) is 4.87 Å². The molecule has 0 unspecified atom stereocenters. The molecule has 3 N–H and O–H groups in total. The first-order valence-electron chi connectivity index (χ1n) is 10.9. The van der Waals surface area contributed by atoms with Gasteiger partial charge in [0.25, 0.3) is 0 Å². The van der Waals surface area contributed by atoms with E-state index in [1.54, 1.807) is 0 Å². The number of nitrogens with two attached hydrogens (primary N) is 1. The number of rotatable bonds is 5. The van der Waals surface area contributed by atoms with E-state index in [0.29, 0.717) is 19.4 Å². The Morgan fingerprint density at radius 1 is 1.07 bits per heavy atom. The van der Waals surface area contributed by atoms with Crippen LogP contribution in [-0.2, 0) is 9.59 Å². The van der Waals surface area contributed by atoms with Gasteiger partial charge in [0.15, 0.2) is 0 Å². The van der Waals surface area contributed by atoms with Gasteiger partial charge in [0, 0.05) is 17.2 Å². The number of thioether (sulfide) groups is 1. The molecule has 154 valence electrons. The molecule has 2 aliphatic carbocycles. The van der Waals surface area contributed by atoms with E-state index in [1.165, 1.54) is 25.7 Å². The Morgan fingerprint density at radius 2 is 1.70 bits per heavy atom. The minimum absolute atomic E-state index is 0.0583. The summed E-state index contributed by atoms with van der Waals surface area (Å²) in [6, 6.07) is -0.108. The van der Waals surface area contributed by atoms with Crippen molar-refractivity contribution in [3.63, 3.8) is 0 Å². The molecule has 3 aliphatic rings. The molecule has 3 rings (SSSR count). The Bertz CT molecular complexity index is 540. The summed E-state index contributed by atoms with van der Waals surface area (Å²) in [5.41, 5.74) is 5.66. The highest BCUT2D eigenvalue weighted by atomic mass is 32.2. The minimum Gasteiger partial charge on any atom is -0.352 e. The first-order valence-corrected chi connectivity index (χ1v) is 11.7. The molecule has 27 heavy (non-hydrogen) atoms. The zero-order chi connectivity index (χ0) is 19.5. The van der Waals surface area contributed by atoms with Crippen molar-refractivity contribution in [2.45, 2.75) is 113 Å². The van der Waals surface area contributed by atoms with Crippen molar-refractivity contribution in [2.24, 2.45) is 5.73 Å². The zero-order valence-corrected chi connectivity index (χ0v) is 17.9. The summed E-state index contributed by atoms with van der Waals surface area (Å²) in [5.74, 6) is 0.173. The van der Waals surface area contributed by atoms with Crippen LogP contribution in [0, 0.1) is 0 Å². The third kappa shape index (κ3) is 4.47. The molecular weight excluding hydrogens is 358 g/mol. The summed E-state index contributed by atoms with van der Waals surface area (Å²) < 4.78 is -0.269. The quantitative estimate of drug-likeness (QED) is 0.746. The molecule has 2 amide bonds. The van der Waals surface area contributed by atoms with Crippen LogP contribution in [-0.4, -0.2) is 45.0 Å². The van der Waals surface area contributed by atoms with Crippen molar-refractivity contribution in [1.82, 2.24) is 10.2 Å². The predicted octanol–water partition coefficient (Wildman–Crippen LogP) is 3.56. The van der Waals surface area contributed by atoms with E-state index in [9.17, 15) is 9.59 Å². The monoisotopic (exact) mass is 395 g/mol. The topological polar surface area (TPSA) is 75.4 Å². The Balaban J connectivity index is 1.84. The molecule has 0 bridgehead atoms. The molecule has 0 radical (unpaired) electrons. The van der Waals surface area contributed by atoms with Gasteiger partial charge in [-0.25, -0.2) is 0 Å². The number of hydrogen-bond donors (Lipinski definition) is 2. The number of hydrogen-bond acceptors (Lipinski definition) is 4. The molecule has 1 saturated heterocycles. The minimum atomic E-state index is -0.382. The third-order valence-electron chi connectivity index (χ3n) is 6.51. The normalized spacial score (nSPS) is 27.7. The van der Waals surface area contributed by atoms with Crippen LogP contribution in [0.3, 0.4) is 0 Å². The average molecular weight is 396 g/mol. The van der Waals surface area contributed by atoms with Crippen molar-refractivity contribution in [2.75, 3.05) is 6.54 Å². The lowest BCUT2D eigenvalue weighted by atomic mass is 9.89. The summed E-state index contributed by atoms with van der Waals surface area (Å²) in [5, 5.41) is 3.31. The highest BCUT2D eigenvalue weighted by molar-refractivity contribution is 8.02. The molecule has 1 atom stereocenters. The molecular formula is C21H37N3O2S. The van der Waals surface area contributed by atoms with Crippen LogP contribution >= 0.6 is 11.8 Å². The van der Waals surface area contributed by atoms with E-state index < -0.39 is 0 Å². The Morgan fingerprint density at radius 3 is 2.33 bits per heavy atom. The maximum absolute atomic E-state index is 13.4. The molecule has 0 aromatic carbocycles. The number of nitrogens with zero attached hydrogens (tertiary/aromatic N) is 1. The van der Waals surface area contributed by atoms with E-state index >= 15 is 0 Å². The second-order valence-electron chi connectivity index (χ2n) is 9.11. The fourth-order valence-electron chi connectivity index (χ4n) is 5.29. The van der Waals surface area contributed by atoms with Gasteiger partial charge < -0.3 is 16.0 Å². The lowest BCUT2D eigenvalue weighted by molar-refractivity contribution is -0.145. The second-order valence-corrected chi connectivity index (χ2v) is 11.1. The van der Waals surface area contributed by atoms with Gasteiger partial charge >= 0.3 is 0 Å².